The Hall–Kier alpha value is -0.610. The zero-order valence-corrected chi connectivity index (χ0v) is 6.71. The van der Waals surface area contributed by atoms with E-state index in [0.29, 0.717) is 12.8 Å². The highest BCUT2D eigenvalue weighted by Gasteiger charge is 2.36. The van der Waals surface area contributed by atoms with E-state index < -0.39 is 11.5 Å². The third-order valence-electron chi connectivity index (χ3n) is 2.27. The molecule has 1 fully saturated rings. The van der Waals surface area contributed by atoms with E-state index in [2.05, 4.69) is 4.90 Å². The maximum Gasteiger partial charge on any atom is 0.249 e. The average Bonchev–Trinajstić information content (AvgIpc) is 1.95. The lowest BCUT2D eigenvalue weighted by atomic mass is 9.91. The van der Waals surface area contributed by atoms with E-state index in [1.54, 1.807) is 0 Å². The topological polar surface area (TPSA) is 66.6 Å². The van der Waals surface area contributed by atoms with Crippen molar-refractivity contribution < 1.29 is 9.90 Å². The Morgan fingerprint density at radius 2 is 2.00 bits per heavy atom. The van der Waals surface area contributed by atoms with Crippen molar-refractivity contribution in [1.29, 1.82) is 0 Å². The van der Waals surface area contributed by atoms with Crippen molar-refractivity contribution in [3.8, 4) is 0 Å². The van der Waals surface area contributed by atoms with Gasteiger partial charge in [0.25, 0.3) is 0 Å². The van der Waals surface area contributed by atoms with Gasteiger partial charge in [0.2, 0.25) is 5.91 Å². The lowest BCUT2D eigenvalue weighted by Crippen LogP contribution is -2.51. The number of aliphatic hydroxyl groups is 1. The molecule has 0 unspecified atom stereocenters. The predicted molar refractivity (Wildman–Crippen MR) is 40.9 cm³/mol. The monoisotopic (exact) mass is 158 g/mol. The molecule has 3 N–H and O–H groups in total. The molecule has 64 valence electrons. The van der Waals surface area contributed by atoms with Gasteiger partial charge >= 0.3 is 0 Å². The normalized spacial score (nSPS) is 24.9. The quantitative estimate of drug-likeness (QED) is 0.510. The van der Waals surface area contributed by atoms with Crippen LogP contribution in [0.2, 0.25) is 0 Å². The molecule has 0 radical (unpaired) electrons. The summed E-state index contributed by atoms with van der Waals surface area (Å²) in [7, 11) is 1.96. The molecule has 4 heteroatoms. The first kappa shape index (κ1) is 8.49. The summed E-state index contributed by atoms with van der Waals surface area (Å²) in [6, 6.07) is 0. The molecule has 1 amide bonds. The van der Waals surface area contributed by atoms with E-state index in [1.807, 2.05) is 7.05 Å². The maximum absolute atomic E-state index is 10.7. The van der Waals surface area contributed by atoms with Crippen LogP contribution in [0.4, 0.5) is 0 Å². The summed E-state index contributed by atoms with van der Waals surface area (Å²) in [5.41, 5.74) is 3.80. The molecule has 0 atom stereocenters. The Morgan fingerprint density at radius 3 is 2.36 bits per heavy atom. The first-order valence-electron chi connectivity index (χ1n) is 3.75. The number of hydrogen-bond acceptors (Lipinski definition) is 3. The second-order valence-electron chi connectivity index (χ2n) is 3.20. The molecule has 0 bridgehead atoms. The van der Waals surface area contributed by atoms with Crippen molar-refractivity contribution in [1.82, 2.24) is 4.90 Å². The largest absolute Gasteiger partial charge is 0.380 e. The lowest BCUT2D eigenvalue weighted by Gasteiger charge is -2.33. The molecule has 0 aromatic heterocycles. The number of hydrogen-bond donors (Lipinski definition) is 2. The SMILES string of the molecule is CN1CCC(O)(C(N)=O)CC1. The molecule has 1 saturated heterocycles. The minimum absolute atomic E-state index is 0.457. The van der Waals surface area contributed by atoms with E-state index >= 15 is 0 Å². The summed E-state index contributed by atoms with van der Waals surface area (Å²) in [6.45, 7) is 1.47. The highest BCUT2D eigenvalue weighted by Crippen LogP contribution is 2.20. The lowest BCUT2D eigenvalue weighted by molar-refractivity contribution is -0.140. The van der Waals surface area contributed by atoms with Gasteiger partial charge in [0.15, 0.2) is 0 Å². The van der Waals surface area contributed by atoms with Crippen molar-refractivity contribution in [2.45, 2.75) is 18.4 Å². The van der Waals surface area contributed by atoms with Gasteiger partial charge in [0, 0.05) is 13.1 Å². The predicted octanol–water partition coefficient (Wildman–Crippen LogP) is -1.07. The molecule has 0 aromatic carbocycles. The molecule has 0 aromatic rings. The van der Waals surface area contributed by atoms with Crippen LogP contribution in [0.1, 0.15) is 12.8 Å². The number of primary amides is 1. The van der Waals surface area contributed by atoms with Gasteiger partial charge in [-0.15, -0.1) is 0 Å². The molecule has 0 saturated carbocycles. The van der Waals surface area contributed by atoms with Gasteiger partial charge in [-0.25, -0.2) is 0 Å². The van der Waals surface area contributed by atoms with Gasteiger partial charge in [0.05, 0.1) is 0 Å². The summed E-state index contributed by atoms with van der Waals surface area (Å²) in [6.07, 6.45) is 0.914. The maximum atomic E-state index is 10.7. The summed E-state index contributed by atoms with van der Waals surface area (Å²) in [4.78, 5) is 12.8. The Labute approximate surface area is 66.0 Å². The van der Waals surface area contributed by atoms with E-state index in [-0.39, 0.29) is 0 Å². The van der Waals surface area contributed by atoms with E-state index in [9.17, 15) is 9.90 Å². The van der Waals surface area contributed by atoms with E-state index in [4.69, 9.17) is 5.73 Å². The van der Waals surface area contributed by atoms with Crippen LogP contribution in [0.5, 0.6) is 0 Å². The summed E-state index contributed by atoms with van der Waals surface area (Å²) in [5.74, 6) is -0.592. The van der Waals surface area contributed by atoms with E-state index in [1.165, 1.54) is 0 Å². The molecule has 1 heterocycles. The average molecular weight is 158 g/mol. The van der Waals surface area contributed by atoms with Gasteiger partial charge in [-0.3, -0.25) is 4.79 Å². The second-order valence-corrected chi connectivity index (χ2v) is 3.20. The molecule has 0 spiro atoms. The third kappa shape index (κ3) is 1.70. The van der Waals surface area contributed by atoms with Crippen LogP contribution >= 0.6 is 0 Å². The van der Waals surface area contributed by atoms with Gasteiger partial charge in [-0.2, -0.15) is 0 Å². The Balaban J connectivity index is 2.55. The second kappa shape index (κ2) is 2.79. The van der Waals surface area contributed by atoms with Crippen LogP contribution in [0.3, 0.4) is 0 Å². The first-order valence-corrected chi connectivity index (χ1v) is 3.75. The smallest absolute Gasteiger partial charge is 0.249 e. The fourth-order valence-corrected chi connectivity index (χ4v) is 1.23. The molecular formula is C7H14N2O2. The number of rotatable bonds is 1. The number of likely N-dealkylation sites (tertiary alicyclic amines) is 1. The van der Waals surface area contributed by atoms with Crippen LogP contribution in [0.15, 0.2) is 0 Å². The standard InChI is InChI=1S/C7H14N2O2/c1-9-4-2-7(11,3-5-9)6(8)10/h11H,2-5H2,1H3,(H2,8,10). The van der Waals surface area contributed by atoms with E-state index in [0.717, 1.165) is 13.1 Å². The van der Waals surface area contributed by atoms with Crippen molar-refractivity contribution in [3.05, 3.63) is 0 Å². The van der Waals surface area contributed by atoms with Crippen molar-refractivity contribution >= 4 is 5.91 Å². The third-order valence-corrected chi connectivity index (χ3v) is 2.27. The van der Waals surface area contributed by atoms with Gasteiger partial charge in [-0.05, 0) is 19.9 Å². The molecular weight excluding hydrogens is 144 g/mol. The number of amides is 1. The van der Waals surface area contributed by atoms with Crippen molar-refractivity contribution in [2.24, 2.45) is 5.73 Å². The van der Waals surface area contributed by atoms with Crippen molar-refractivity contribution in [2.75, 3.05) is 20.1 Å². The number of carbonyl (C=O) groups is 1. The molecule has 1 rings (SSSR count). The van der Waals surface area contributed by atoms with Crippen molar-refractivity contribution in [3.63, 3.8) is 0 Å². The summed E-state index contributed by atoms with van der Waals surface area (Å²) >= 11 is 0. The highest BCUT2D eigenvalue weighted by molar-refractivity contribution is 5.83. The van der Waals surface area contributed by atoms with Gasteiger partial charge < -0.3 is 15.7 Å². The zero-order chi connectivity index (χ0) is 8.48. The number of nitrogens with zero attached hydrogens (tertiary/aromatic N) is 1. The Bertz CT molecular complexity index is 162. The van der Waals surface area contributed by atoms with Crippen LogP contribution in [-0.2, 0) is 4.79 Å². The molecule has 1 aliphatic heterocycles. The number of carbonyl (C=O) groups excluding carboxylic acids is 1. The number of piperidine rings is 1. The number of nitrogens with two attached hydrogens (primary N) is 1. The molecule has 1 aliphatic rings. The molecule has 0 aliphatic carbocycles. The molecule has 4 nitrogen and oxygen atoms in total. The van der Waals surface area contributed by atoms with Crippen LogP contribution < -0.4 is 5.73 Å². The Morgan fingerprint density at radius 1 is 1.55 bits per heavy atom. The van der Waals surface area contributed by atoms with Crippen LogP contribution in [0.25, 0.3) is 0 Å². The minimum atomic E-state index is -1.24. The minimum Gasteiger partial charge on any atom is -0.380 e. The fraction of sp³-hybridized carbons (Fsp3) is 0.857. The highest BCUT2D eigenvalue weighted by atomic mass is 16.3. The molecule has 11 heavy (non-hydrogen) atoms. The first-order chi connectivity index (χ1) is 5.04. The van der Waals surface area contributed by atoms with Gasteiger partial charge in [0.1, 0.15) is 5.60 Å². The summed E-state index contributed by atoms with van der Waals surface area (Å²) in [5, 5.41) is 9.57. The summed E-state index contributed by atoms with van der Waals surface area (Å²) < 4.78 is 0. The van der Waals surface area contributed by atoms with Gasteiger partial charge in [-0.1, -0.05) is 0 Å². The van der Waals surface area contributed by atoms with Crippen LogP contribution in [0, 0.1) is 0 Å². The zero-order valence-electron chi connectivity index (χ0n) is 6.71. The van der Waals surface area contributed by atoms with Crippen LogP contribution in [-0.4, -0.2) is 41.7 Å². The Kier molecular flexibility index (Phi) is 2.15. The fourth-order valence-electron chi connectivity index (χ4n) is 1.23.